The largest absolute Gasteiger partial charge is 0.497 e. The van der Waals surface area contributed by atoms with Gasteiger partial charge in [-0.15, -0.1) is 0 Å². The molecule has 1 aliphatic rings. The van der Waals surface area contributed by atoms with Crippen molar-refractivity contribution < 1.29 is 19.1 Å². The quantitative estimate of drug-likeness (QED) is 0.908. The van der Waals surface area contributed by atoms with Gasteiger partial charge in [0.05, 0.1) is 14.2 Å². The summed E-state index contributed by atoms with van der Waals surface area (Å²) in [5.41, 5.74) is 0.134. The predicted octanol–water partition coefficient (Wildman–Crippen LogP) is 2.61. The maximum Gasteiger partial charge on any atom is 0.254 e. The number of hydrogen-bond donors (Lipinski definition) is 1. The first-order valence-electron chi connectivity index (χ1n) is 8.61. The number of benzene rings is 1. The van der Waals surface area contributed by atoms with Crippen molar-refractivity contribution in [3.05, 3.63) is 23.8 Å². The third-order valence-corrected chi connectivity index (χ3v) is 4.16. The summed E-state index contributed by atoms with van der Waals surface area (Å²) in [6.07, 6.45) is 2.51. The van der Waals surface area contributed by atoms with E-state index in [0.717, 1.165) is 12.8 Å². The number of carbonyl (C=O) groups is 2. The Morgan fingerprint density at radius 2 is 1.68 bits per heavy atom. The molecule has 1 fully saturated rings. The van der Waals surface area contributed by atoms with Gasteiger partial charge in [-0.2, -0.15) is 0 Å². The van der Waals surface area contributed by atoms with Crippen LogP contribution in [-0.4, -0.2) is 49.1 Å². The Hall–Kier alpha value is -2.24. The van der Waals surface area contributed by atoms with Crippen molar-refractivity contribution >= 4 is 11.8 Å². The van der Waals surface area contributed by atoms with Gasteiger partial charge in [0.1, 0.15) is 17.5 Å². The Balaban J connectivity index is 2.27. The molecule has 0 saturated carbocycles. The van der Waals surface area contributed by atoms with Gasteiger partial charge in [-0.3, -0.25) is 9.59 Å². The highest BCUT2D eigenvalue weighted by Crippen LogP contribution is 2.26. The minimum Gasteiger partial charge on any atom is -0.497 e. The van der Waals surface area contributed by atoms with Crippen LogP contribution in [-0.2, 0) is 4.79 Å². The van der Waals surface area contributed by atoms with E-state index in [0.29, 0.717) is 30.0 Å². The summed E-state index contributed by atoms with van der Waals surface area (Å²) in [6.45, 7) is 6.38. The summed E-state index contributed by atoms with van der Waals surface area (Å²) in [4.78, 5) is 27.4. The fraction of sp³-hybridized carbons (Fsp3) is 0.579. The Morgan fingerprint density at radius 3 is 2.20 bits per heavy atom. The van der Waals surface area contributed by atoms with Crippen LogP contribution in [0.25, 0.3) is 0 Å². The number of nitrogens with zero attached hydrogens (tertiary/aromatic N) is 1. The van der Waals surface area contributed by atoms with Crippen molar-refractivity contribution in [3.8, 4) is 11.5 Å². The van der Waals surface area contributed by atoms with Crippen LogP contribution in [0.2, 0.25) is 0 Å². The molecule has 1 aromatic carbocycles. The van der Waals surface area contributed by atoms with E-state index in [-0.39, 0.29) is 17.4 Å². The molecule has 2 rings (SSSR count). The van der Waals surface area contributed by atoms with Gasteiger partial charge in [0, 0.05) is 23.7 Å². The molecule has 6 nitrogen and oxygen atoms in total. The number of likely N-dealkylation sites (tertiary alicyclic amines) is 1. The molecule has 0 radical (unpaired) electrons. The maximum atomic E-state index is 13.1. The number of methoxy groups -OCH3 is 2. The van der Waals surface area contributed by atoms with Gasteiger partial charge in [0.2, 0.25) is 5.91 Å². The standard InChI is InChI=1S/C19H28N2O4/c1-19(2,3)20-17(22)16-8-6-7-9-21(16)18(23)13-10-14(24-4)12-15(11-13)25-5/h10-12,16H,6-9H2,1-5H3,(H,20,22). The SMILES string of the molecule is COc1cc(OC)cc(C(=O)N2CCCCC2C(=O)NC(C)(C)C)c1. The molecular weight excluding hydrogens is 320 g/mol. The molecule has 2 amide bonds. The van der Waals surface area contributed by atoms with Gasteiger partial charge in [0.15, 0.2) is 0 Å². The molecule has 6 heteroatoms. The zero-order valence-electron chi connectivity index (χ0n) is 15.7. The van der Waals surface area contributed by atoms with Crippen LogP contribution in [0.5, 0.6) is 11.5 Å². The fourth-order valence-corrected chi connectivity index (χ4v) is 3.00. The van der Waals surface area contributed by atoms with Crippen LogP contribution in [0.4, 0.5) is 0 Å². The number of nitrogens with one attached hydrogen (secondary N) is 1. The number of ether oxygens (including phenoxy) is 2. The van der Waals surface area contributed by atoms with Gasteiger partial charge in [0.25, 0.3) is 5.91 Å². The van der Waals surface area contributed by atoms with Crippen molar-refractivity contribution in [1.29, 1.82) is 0 Å². The summed E-state index contributed by atoms with van der Waals surface area (Å²) >= 11 is 0. The van der Waals surface area contributed by atoms with Crippen molar-refractivity contribution in [3.63, 3.8) is 0 Å². The van der Waals surface area contributed by atoms with E-state index in [1.807, 2.05) is 20.8 Å². The lowest BCUT2D eigenvalue weighted by atomic mass is 9.98. The highest BCUT2D eigenvalue weighted by atomic mass is 16.5. The Morgan fingerprint density at radius 1 is 1.08 bits per heavy atom. The molecule has 1 aromatic rings. The lowest BCUT2D eigenvalue weighted by Gasteiger charge is -2.36. The van der Waals surface area contributed by atoms with E-state index >= 15 is 0 Å². The molecule has 1 saturated heterocycles. The topological polar surface area (TPSA) is 67.9 Å². The van der Waals surface area contributed by atoms with Crippen LogP contribution >= 0.6 is 0 Å². The fourth-order valence-electron chi connectivity index (χ4n) is 3.00. The van der Waals surface area contributed by atoms with Crippen LogP contribution < -0.4 is 14.8 Å². The van der Waals surface area contributed by atoms with E-state index in [2.05, 4.69) is 5.32 Å². The second-order valence-electron chi connectivity index (χ2n) is 7.35. The number of piperidine rings is 1. The smallest absolute Gasteiger partial charge is 0.254 e. The Labute approximate surface area is 149 Å². The maximum absolute atomic E-state index is 13.1. The molecule has 1 N–H and O–H groups in total. The van der Waals surface area contributed by atoms with Crippen LogP contribution in [0.1, 0.15) is 50.4 Å². The monoisotopic (exact) mass is 348 g/mol. The van der Waals surface area contributed by atoms with E-state index < -0.39 is 6.04 Å². The molecule has 138 valence electrons. The van der Waals surface area contributed by atoms with Gasteiger partial charge in [-0.05, 0) is 52.2 Å². The lowest BCUT2D eigenvalue weighted by molar-refractivity contribution is -0.128. The molecular formula is C19H28N2O4. The highest BCUT2D eigenvalue weighted by Gasteiger charge is 2.34. The highest BCUT2D eigenvalue weighted by molar-refractivity contribution is 5.98. The third kappa shape index (κ3) is 4.87. The van der Waals surface area contributed by atoms with Gasteiger partial charge >= 0.3 is 0 Å². The normalized spacial score (nSPS) is 17.8. The average Bonchev–Trinajstić information content (AvgIpc) is 2.59. The third-order valence-electron chi connectivity index (χ3n) is 4.16. The second-order valence-corrected chi connectivity index (χ2v) is 7.35. The number of carbonyl (C=O) groups excluding carboxylic acids is 2. The molecule has 0 spiro atoms. The molecule has 1 unspecified atom stereocenters. The van der Waals surface area contributed by atoms with E-state index in [4.69, 9.17) is 9.47 Å². The first kappa shape index (κ1) is 19.1. The van der Waals surface area contributed by atoms with E-state index in [9.17, 15) is 9.59 Å². The predicted molar refractivity (Wildman–Crippen MR) is 96.1 cm³/mol. The lowest BCUT2D eigenvalue weighted by Crippen LogP contribution is -2.55. The van der Waals surface area contributed by atoms with Crippen molar-refractivity contribution in [2.75, 3.05) is 20.8 Å². The molecule has 0 aromatic heterocycles. The number of rotatable bonds is 4. The number of hydrogen-bond acceptors (Lipinski definition) is 4. The average molecular weight is 348 g/mol. The van der Waals surface area contributed by atoms with Crippen LogP contribution in [0.15, 0.2) is 18.2 Å². The minimum atomic E-state index is -0.447. The van der Waals surface area contributed by atoms with E-state index in [1.54, 1.807) is 37.3 Å². The Kier molecular flexibility index (Phi) is 5.93. The van der Waals surface area contributed by atoms with Crippen molar-refractivity contribution in [1.82, 2.24) is 10.2 Å². The zero-order chi connectivity index (χ0) is 18.6. The summed E-state index contributed by atoms with van der Waals surface area (Å²) in [7, 11) is 3.09. The van der Waals surface area contributed by atoms with Gasteiger partial charge in [-0.25, -0.2) is 0 Å². The molecule has 1 aliphatic heterocycles. The van der Waals surface area contributed by atoms with Gasteiger partial charge in [-0.1, -0.05) is 0 Å². The summed E-state index contributed by atoms with van der Waals surface area (Å²) < 4.78 is 10.5. The first-order valence-corrected chi connectivity index (χ1v) is 8.61. The zero-order valence-corrected chi connectivity index (χ0v) is 15.7. The van der Waals surface area contributed by atoms with Crippen LogP contribution in [0.3, 0.4) is 0 Å². The van der Waals surface area contributed by atoms with Crippen LogP contribution in [0, 0.1) is 0 Å². The Bertz CT molecular complexity index is 615. The number of amides is 2. The molecule has 25 heavy (non-hydrogen) atoms. The van der Waals surface area contributed by atoms with Gasteiger partial charge < -0.3 is 19.7 Å². The minimum absolute atomic E-state index is 0.101. The molecule has 0 bridgehead atoms. The molecule has 1 atom stereocenters. The second kappa shape index (κ2) is 7.76. The van der Waals surface area contributed by atoms with Crippen molar-refractivity contribution in [2.45, 2.75) is 51.6 Å². The van der Waals surface area contributed by atoms with E-state index in [1.165, 1.54) is 0 Å². The molecule has 0 aliphatic carbocycles. The molecule has 1 heterocycles. The first-order chi connectivity index (χ1) is 11.7. The summed E-state index contributed by atoms with van der Waals surface area (Å²) in [6, 6.07) is 4.63. The summed E-state index contributed by atoms with van der Waals surface area (Å²) in [5.74, 6) is 0.826. The summed E-state index contributed by atoms with van der Waals surface area (Å²) in [5, 5.41) is 2.99. The van der Waals surface area contributed by atoms with Crippen molar-refractivity contribution in [2.24, 2.45) is 0 Å².